The van der Waals surface area contributed by atoms with Crippen molar-refractivity contribution in [3.8, 4) is 11.1 Å². The second-order valence-corrected chi connectivity index (χ2v) is 6.33. The molecule has 1 aliphatic heterocycles. The van der Waals surface area contributed by atoms with E-state index in [0.717, 1.165) is 24.6 Å². The van der Waals surface area contributed by atoms with Gasteiger partial charge in [-0.05, 0) is 30.2 Å². The van der Waals surface area contributed by atoms with Crippen LogP contribution in [0.5, 0.6) is 0 Å². The topological polar surface area (TPSA) is 32.3 Å². The Kier molecular flexibility index (Phi) is 3.65. The first-order valence-corrected chi connectivity index (χ1v) is 8.13. The molecular formula is C20H20N4. The molecule has 0 saturated heterocycles. The number of aryl methyl sites for hydroxylation is 1. The van der Waals surface area contributed by atoms with Crippen LogP contribution in [-0.4, -0.2) is 23.7 Å². The minimum Gasteiger partial charge on any atom is -0.346 e. The fraction of sp³-hybridized carbons (Fsp3) is 0.200. The molecule has 4 heteroatoms. The third-order valence-electron chi connectivity index (χ3n) is 4.38. The maximum Gasteiger partial charge on any atom is 0.153 e. The maximum atomic E-state index is 4.71. The van der Waals surface area contributed by atoms with E-state index >= 15 is 0 Å². The highest BCUT2D eigenvalue weighted by Crippen LogP contribution is 2.37. The van der Waals surface area contributed by atoms with Gasteiger partial charge in [-0.15, -0.1) is 0 Å². The monoisotopic (exact) mass is 316 g/mol. The number of anilines is 2. The van der Waals surface area contributed by atoms with Crippen LogP contribution in [0.15, 0.2) is 61.1 Å². The SMILES string of the molecule is Cc1cccc(-c2cnc3c(c2)N(Cc2cccnc2)CN3C)c1. The molecule has 3 heterocycles. The number of benzene rings is 1. The van der Waals surface area contributed by atoms with Crippen molar-refractivity contribution in [2.24, 2.45) is 0 Å². The van der Waals surface area contributed by atoms with Crippen LogP contribution >= 0.6 is 0 Å². The van der Waals surface area contributed by atoms with E-state index in [1.807, 2.05) is 24.7 Å². The number of pyridine rings is 2. The molecular weight excluding hydrogens is 296 g/mol. The van der Waals surface area contributed by atoms with Crippen molar-refractivity contribution in [3.63, 3.8) is 0 Å². The molecule has 24 heavy (non-hydrogen) atoms. The zero-order valence-corrected chi connectivity index (χ0v) is 14.0. The summed E-state index contributed by atoms with van der Waals surface area (Å²) in [6, 6.07) is 14.9. The highest BCUT2D eigenvalue weighted by molar-refractivity contribution is 5.78. The number of hydrogen-bond acceptors (Lipinski definition) is 4. The number of aromatic nitrogens is 2. The molecule has 0 bridgehead atoms. The van der Waals surface area contributed by atoms with E-state index in [9.17, 15) is 0 Å². The summed E-state index contributed by atoms with van der Waals surface area (Å²) >= 11 is 0. The van der Waals surface area contributed by atoms with Crippen molar-refractivity contribution in [2.45, 2.75) is 13.5 Å². The second kappa shape index (κ2) is 5.96. The lowest BCUT2D eigenvalue weighted by molar-refractivity contribution is 0.811. The second-order valence-electron chi connectivity index (χ2n) is 6.33. The van der Waals surface area contributed by atoms with Crippen molar-refractivity contribution >= 4 is 11.5 Å². The molecule has 0 radical (unpaired) electrons. The molecule has 0 unspecified atom stereocenters. The smallest absolute Gasteiger partial charge is 0.153 e. The molecule has 4 rings (SSSR count). The molecule has 0 amide bonds. The number of hydrogen-bond donors (Lipinski definition) is 0. The van der Waals surface area contributed by atoms with E-state index in [1.54, 1.807) is 0 Å². The summed E-state index contributed by atoms with van der Waals surface area (Å²) in [6.07, 6.45) is 5.71. The summed E-state index contributed by atoms with van der Waals surface area (Å²) in [4.78, 5) is 13.5. The summed E-state index contributed by atoms with van der Waals surface area (Å²) in [7, 11) is 2.08. The van der Waals surface area contributed by atoms with Gasteiger partial charge < -0.3 is 9.80 Å². The first kappa shape index (κ1) is 14.7. The lowest BCUT2D eigenvalue weighted by Gasteiger charge is -2.19. The molecule has 120 valence electrons. The molecule has 0 N–H and O–H groups in total. The quantitative estimate of drug-likeness (QED) is 0.734. The van der Waals surface area contributed by atoms with Crippen LogP contribution in [-0.2, 0) is 6.54 Å². The van der Waals surface area contributed by atoms with Crippen LogP contribution < -0.4 is 9.80 Å². The fourth-order valence-electron chi connectivity index (χ4n) is 3.20. The van der Waals surface area contributed by atoms with Gasteiger partial charge in [0.15, 0.2) is 5.82 Å². The normalized spacial score (nSPS) is 13.2. The van der Waals surface area contributed by atoms with E-state index in [1.165, 1.54) is 22.4 Å². The number of nitrogens with zero attached hydrogens (tertiary/aromatic N) is 4. The molecule has 4 nitrogen and oxygen atoms in total. The van der Waals surface area contributed by atoms with Crippen molar-refractivity contribution in [1.29, 1.82) is 0 Å². The minimum atomic E-state index is 0.837. The molecule has 1 aliphatic rings. The Labute approximate surface area is 142 Å². The van der Waals surface area contributed by atoms with Crippen LogP contribution in [0.4, 0.5) is 11.5 Å². The highest BCUT2D eigenvalue weighted by Gasteiger charge is 2.25. The van der Waals surface area contributed by atoms with Crippen LogP contribution in [0.25, 0.3) is 11.1 Å². The van der Waals surface area contributed by atoms with Gasteiger partial charge in [-0.2, -0.15) is 0 Å². The zero-order chi connectivity index (χ0) is 16.5. The summed E-state index contributed by atoms with van der Waals surface area (Å²) in [6.45, 7) is 3.80. The summed E-state index contributed by atoms with van der Waals surface area (Å²) in [5.41, 5.74) is 6.02. The average molecular weight is 316 g/mol. The van der Waals surface area contributed by atoms with E-state index in [4.69, 9.17) is 4.98 Å². The molecule has 0 saturated carbocycles. The van der Waals surface area contributed by atoms with Gasteiger partial charge in [0.1, 0.15) is 0 Å². The Balaban J connectivity index is 1.70. The van der Waals surface area contributed by atoms with E-state index in [2.05, 4.69) is 65.2 Å². The van der Waals surface area contributed by atoms with Crippen LogP contribution in [0.1, 0.15) is 11.1 Å². The Morgan fingerprint density at radius 1 is 1.04 bits per heavy atom. The Hall–Kier alpha value is -2.88. The van der Waals surface area contributed by atoms with Gasteiger partial charge in [-0.3, -0.25) is 4.98 Å². The average Bonchev–Trinajstić information content (AvgIpc) is 2.91. The third kappa shape index (κ3) is 2.71. The maximum absolute atomic E-state index is 4.71. The molecule has 3 aromatic rings. The highest BCUT2D eigenvalue weighted by atomic mass is 15.4. The van der Waals surface area contributed by atoms with E-state index in [0.29, 0.717) is 0 Å². The molecule has 0 aliphatic carbocycles. The van der Waals surface area contributed by atoms with Gasteiger partial charge >= 0.3 is 0 Å². The van der Waals surface area contributed by atoms with Gasteiger partial charge in [0.2, 0.25) is 0 Å². The molecule has 0 atom stereocenters. The van der Waals surface area contributed by atoms with Crippen LogP contribution in [0.2, 0.25) is 0 Å². The summed E-state index contributed by atoms with van der Waals surface area (Å²) in [5, 5.41) is 0. The van der Waals surface area contributed by atoms with Gasteiger partial charge in [0.05, 0.1) is 12.4 Å². The van der Waals surface area contributed by atoms with Crippen molar-refractivity contribution in [3.05, 3.63) is 72.2 Å². The predicted octanol–water partition coefficient (Wildman–Crippen LogP) is 3.87. The van der Waals surface area contributed by atoms with E-state index < -0.39 is 0 Å². The number of fused-ring (bicyclic) bond motifs is 1. The van der Waals surface area contributed by atoms with Crippen LogP contribution in [0, 0.1) is 6.92 Å². The van der Waals surface area contributed by atoms with Gasteiger partial charge in [-0.1, -0.05) is 35.9 Å². The van der Waals surface area contributed by atoms with Crippen molar-refractivity contribution in [2.75, 3.05) is 23.5 Å². The molecule has 0 spiro atoms. The van der Waals surface area contributed by atoms with Crippen LogP contribution in [0.3, 0.4) is 0 Å². The minimum absolute atomic E-state index is 0.837. The van der Waals surface area contributed by atoms with Gasteiger partial charge in [0.25, 0.3) is 0 Å². The molecule has 2 aromatic heterocycles. The Bertz CT molecular complexity index is 861. The summed E-state index contributed by atoms with van der Waals surface area (Å²) < 4.78 is 0. The summed E-state index contributed by atoms with van der Waals surface area (Å²) in [5.74, 6) is 1.04. The van der Waals surface area contributed by atoms with Gasteiger partial charge in [0, 0.05) is 37.7 Å². The Morgan fingerprint density at radius 2 is 1.96 bits per heavy atom. The number of rotatable bonds is 3. The Morgan fingerprint density at radius 3 is 2.75 bits per heavy atom. The first-order chi connectivity index (χ1) is 11.7. The lowest BCUT2D eigenvalue weighted by atomic mass is 10.0. The molecule has 0 fully saturated rings. The largest absolute Gasteiger partial charge is 0.346 e. The molecule has 1 aromatic carbocycles. The first-order valence-electron chi connectivity index (χ1n) is 8.13. The zero-order valence-electron chi connectivity index (χ0n) is 14.0. The lowest BCUT2D eigenvalue weighted by Crippen LogP contribution is -2.27. The van der Waals surface area contributed by atoms with Crippen molar-refractivity contribution < 1.29 is 0 Å². The standard InChI is InChI=1S/C20H20N4/c1-15-5-3-7-17(9-15)18-10-19-20(22-12-18)23(2)14-24(19)13-16-6-4-8-21-11-16/h3-12H,13-14H2,1-2H3. The van der Waals surface area contributed by atoms with E-state index in [-0.39, 0.29) is 0 Å². The van der Waals surface area contributed by atoms with Gasteiger partial charge in [-0.25, -0.2) is 4.98 Å². The third-order valence-corrected chi connectivity index (χ3v) is 4.38. The predicted molar refractivity (Wildman–Crippen MR) is 98.1 cm³/mol. The fourth-order valence-corrected chi connectivity index (χ4v) is 3.20. The van der Waals surface area contributed by atoms with Crippen molar-refractivity contribution in [1.82, 2.24) is 9.97 Å².